The van der Waals surface area contributed by atoms with Crippen molar-refractivity contribution in [2.45, 2.75) is 6.18 Å². The molecule has 2 rings (SSSR count). The molecule has 1 aliphatic rings. The first kappa shape index (κ1) is 18.5. The molecule has 1 fully saturated rings. The van der Waals surface area contributed by atoms with Crippen LogP contribution in [0.3, 0.4) is 0 Å². The van der Waals surface area contributed by atoms with Gasteiger partial charge in [-0.05, 0) is 12.1 Å². The van der Waals surface area contributed by atoms with Gasteiger partial charge in [-0.25, -0.2) is 4.98 Å². The number of piperazine rings is 1. The van der Waals surface area contributed by atoms with Gasteiger partial charge in [-0.1, -0.05) is 0 Å². The zero-order valence-corrected chi connectivity index (χ0v) is 13.7. The van der Waals surface area contributed by atoms with E-state index in [1.54, 1.807) is 19.0 Å². The fourth-order valence-corrected chi connectivity index (χ4v) is 2.58. The van der Waals surface area contributed by atoms with Crippen LogP contribution in [0.25, 0.3) is 0 Å². The lowest BCUT2D eigenvalue weighted by molar-refractivity contribution is -0.141. The number of carbonyl (C=O) groups excluding carboxylic acids is 1. The highest BCUT2D eigenvalue weighted by molar-refractivity contribution is 5.98. The van der Waals surface area contributed by atoms with E-state index in [-0.39, 0.29) is 23.9 Å². The Labute approximate surface area is 138 Å². The van der Waals surface area contributed by atoms with Crippen molar-refractivity contribution in [2.75, 3.05) is 58.3 Å². The predicted octanol–water partition coefficient (Wildman–Crippen LogP) is 0.917. The first-order chi connectivity index (χ1) is 11.2. The Bertz CT molecular complexity index is 585. The summed E-state index contributed by atoms with van der Waals surface area (Å²) >= 11 is 0. The lowest BCUT2D eigenvalue weighted by Crippen LogP contribution is -2.48. The molecule has 134 valence electrons. The number of amides is 1. The fourth-order valence-electron chi connectivity index (χ4n) is 2.58. The second-order valence-corrected chi connectivity index (χ2v) is 5.82. The minimum atomic E-state index is -4.56. The van der Waals surface area contributed by atoms with E-state index in [1.807, 2.05) is 4.90 Å². The van der Waals surface area contributed by atoms with Crippen molar-refractivity contribution < 1.29 is 23.1 Å². The van der Waals surface area contributed by atoms with Crippen molar-refractivity contribution in [3.05, 3.63) is 23.4 Å². The van der Waals surface area contributed by atoms with Crippen LogP contribution in [0, 0.1) is 0 Å². The first-order valence-corrected chi connectivity index (χ1v) is 7.62. The van der Waals surface area contributed by atoms with Crippen molar-refractivity contribution in [2.24, 2.45) is 0 Å². The molecule has 0 aromatic carbocycles. The van der Waals surface area contributed by atoms with Crippen molar-refractivity contribution in [1.82, 2.24) is 14.8 Å². The highest BCUT2D eigenvalue weighted by atomic mass is 19.4. The minimum Gasteiger partial charge on any atom is -0.395 e. The van der Waals surface area contributed by atoms with E-state index in [0.717, 1.165) is 6.07 Å². The summed E-state index contributed by atoms with van der Waals surface area (Å²) in [5, 5.41) is 8.96. The molecule has 0 atom stereocenters. The summed E-state index contributed by atoms with van der Waals surface area (Å²) in [6.07, 6.45) is -4.56. The molecule has 0 bridgehead atoms. The monoisotopic (exact) mass is 346 g/mol. The Morgan fingerprint density at radius 2 is 1.88 bits per heavy atom. The molecule has 1 aromatic heterocycles. The van der Waals surface area contributed by atoms with Crippen LogP contribution in [0.4, 0.5) is 19.0 Å². The summed E-state index contributed by atoms with van der Waals surface area (Å²) in [5.41, 5.74) is -0.853. The van der Waals surface area contributed by atoms with Gasteiger partial charge in [0, 0.05) is 46.8 Å². The highest BCUT2D eigenvalue weighted by Gasteiger charge is 2.35. The lowest BCUT2D eigenvalue weighted by Gasteiger charge is -2.36. The number of aromatic nitrogens is 1. The zero-order chi connectivity index (χ0) is 17.9. The van der Waals surface area contributed by atoms with Gasteiger partial charge in [-0.3, -0.25) is 9.69 Å². The van der Waals surface area contributed by atoms with E-state index in [4.69, 9.17) is 5.11 Å². The number of aliphatic hydroxyl groups excluding tert-OH is 1. The summed E-state index contributed by atoms with van der Waals surface area (Å²) in [4.78, 5) is 21.0. The van der Waals surface area contributed by atoms with Gasteiger partial charge >= 0.3 is 6.18 Å². The number of rotatable bonds is 4. The van der Waals surface area contributed by atoms with Crippen molar-refractivity contribution in [3.63, 3.8) is 0 Å². The van der Waals surface area contributed by atoms with E-state index in [2.05, 4.69) is 4.98 Å². The second kappa shape index (κ2) is 7.35. The Morgan fingerprint density at radius 1 is 1.25 bits per heavy atom. The quantitative estimate of drug-likeness (QED) is 0.878. The van der Waals surface area contributed by atoms with Gasteiger partial charge < -0.3 is 14.9 Å². The largest absolute Gasteiger partial charge is 0.433 e. The zero-order valence-electron chi connectivity index (χ0n) is 13.7. The summed E-state index contributed by atoms with van der Waals surface area (Å²) < 4.78 is 38.9. The molecule has 0 saturated carbocycles. The molecule has 0 radical (unpaired) electrons. The molecular formula is C15H21F3N4O2. The van der Waals surface area contributed by atoms with E-state index >= 15 is 0 Å². The smallest absolute Gasteiger partial charge is 0.395 e. The summed E-state index contributed by atoms with van der Waals surface area (Å²) in [7, 11) is 3.09. The third kappa shape index (κ3) is 4.15. The average molecular weight is 346 g/mol. The summed E-state index contributed by atoms with van der Waals surface area (Å²) in [6.45, 7) is 2.63. The molecule has 9 heteroatoms. The van der Waals surface area contributed by atoms with Crippen LogP contribution in [0.1, 0.15) is 16.1 Å². The van der Waals surface area contributed by atoms with Gasteiger partial charge in [0.1, 0.15) is 11.5 Å². The van der Waals surface area contributed by atoms with Gasteiger partial charge in [0.15, 0.2) is 0 Å². The van der Waals surface area contributed by atoms with Crippen LogP contribution in [-0.4, -0.2) is 79.2 Å². The summed E-state index contributed by atoms with van der Waals surface area (Å²) in [5.74, 6) is -0.323. The summed E-state index contributed by atoms with van der Waals surface area (Å²) in [6, 6.07) is 2.02. The number of hydrogen-bond acceptors (Lipinski definition) is 5. The molecule has 6 nitrogen and oxygen atoms in total. The van der Waals surface area contributed by atoms with E-state index < -0.39 is 11.9 Å². The maximum Gasteiger partial charge on any atom is 0.433 e. The predicted molar refractivity (Wildman–Crippen MR) is 83.0 cm³/mol. The molecular weight excluding hydrogens is 325 g/mol. The van der Waals surface area contributed by atoms with Crippen LogP contribution >= 0.6 is 0 Å². The second-order valence-electron chi connectivity index (χ2n) is 5.82. The van der Waals surface area contributed by atoms with Gasteiger partial charge in [0.05, 0.1) is 12.2 Å². The van der Waals surface area contributed by atoms with Crippen LogP contribution in [0.5, 0.6) is 0 Å². The third-order valence-electron chi connectivity index (χ3n) is 3.89. The molecule has 0 unspecified atom stereocenters. The van der Waals surface area contributed by atoms with E-state index in [0.29, 0.717) is 32.7 Å². The molecule has 1 aliphatic heterocycles. The van der Waals surface area contributed by atoms with Crippen LogP contribution < -0.4 is 4.90 Å². The number of nitrogens with zero attached hydrogens (tertiary/aromatic N) is 4. The Kier molecular flexibility index (Phi) is 5.66. The van der Waals surface area contributed by atoms with Crippen molar-refractivity contribution in [3.8, 4) is 0 Å². The standard InChI is InChI=1S/C15H21F3N4O2/c1-20(2)14(24)11-3-4-12(15(16,17)18)19-13(11)22-7-5-21(6-8-22)9-10-23/h3-4,23H,5-10H2,1-2H3. The van der Waals surface area contributed by atoms with Crippen molar-refractivity contribution in [1.29, 1.82) is 0 Å². The number of alkyl halides is 3. The molecule has 1 N–H and O–H groups in total. The Morgan fingerprint density at radius 3 is 2.38 bits per heavy atom. The topological polar surface area (TPSA) is 59.9 Å². The number of aliphatic hydroxyl groups is 1. The maximum absolute atomic E-state index is 13.0. The average Bonchev–Trinajstić information content (AvgIpc) is 2.53. The van der Waals surface area contributed by atoms with E-state index in [1.165, 1.54) is 11.0 Å². The molecule has 1 saturated heterocycles. The lowest BCUT2D eigenvalue weighted by atomic mass is 10.1. The molecule has 0 aliphatic carbocycles. The van der Waals surface area contributed by atoms with E-state index in [9.17, 15) is 18.0 Å². The van der Waals surface area contributed by atoms with Gasteiger partial charge in [0.2, 0.25) is 0 Å². The molecule has 0 spiro atoms. The SMILES string of the molecule is CN(C)C(=O)c1ccc(C(F)(F)F)nc1N1CCN(CCO)CC1. The molecule has 1 amide bonds. The molecule has 24 heavy (non-hydrogen) atoms. The van der Waals surface area contributed by atoms with Crippen LogP contribution in [0.2, 0.25) is 0 Å². The molecule has 1 aromatic rings. The van der Waals surface area contributed by atoms with Crippen LogP contribution in [0.15, 0.2) is 12.1 Å². The number of hydrogen-bond donors (Lipinski definition) is 1. The Balaban J connectivity index is 2.33. The number of anilines is 1. The highest BCUT2D eigenvalue weighted by Crippen LogP contribution is 2.31. The van der Waals surface area contributed by atoms with Gasteiger partial charge in [-0.15, -0.1) is 0 Å². The first-order valence-electron chi connectivity index (χ1n) is 7.62. The fraction of sp³-hybridized carbons (Fsp3) is 0.600. The Hall–Kier alpha value is -1.87. The molecule has 2 heterocycles. The van der Waals surface area contributed by atoms with Crippen molar-refractivity contribution >= 4 is 11.7 Å². The number of pyridine rings is 1. The number of halogens is 3. The number of carbonyl (C=O) groups is 1. The maximum atomic E-state index is 13.0. The normalized spacial score (nSPS) is 16.3. The van der Waals surface area contributed by atoms with Gasteiger partial charge in [-0.2, -0.15) is 13.2 Å². The minimum absolute atomic E-state index is 0.0339. The number of β-amino-alcohol motifs (C(OH)–C–C–N with tert-alkyl or cyclic N) is 1. The third-order valence-corrected chi connectivity index (χ3v) is 3.89. The van der Waals surface area contributed by atoms with Crippen LogP contribution in [-0.2, 0) is 6.18 Å². The van der Waals surface area contributed by atoms with Gasteiger partial charge in [0.25, 0.3) is 5.91 Å².